The van der Waals surface area contributed by atoms with Crippen molar-refractivity contribution in [2.75, 3.05) is 6.54 Å². The molecule has 17 heavy (non-hydrogen) atoms. The van der Waals surface area contributed by atoms with Gasteiger partial charge in [0.05, 0.1) is 11.8 Å². The second-order valence-electron chi connectivity index (χ2n) is 4.92. The molecule has 94 valence electrons. The second-order valence-corrected chi connectivity index (χ2v) is 6.20. The van der Waals surface area contributed by atoms with E-state index in [1.54, 1.807) is 0 Å². The van der Waals surface area contributed by atoms with Gasteiger partial charge in [-0.3, -0.25) is 0 Å². The normalized spacial score (nSPS) is 25.8. The number of thioether (sulfide) groups is 1. The molecule has 1 aromatic heterocycles. The molecule has 5 heteroatoms. The third-order valence-electron chi connectivity index (χ3n) is 3.59. The van der Waals surface area contributed by atoms with Crippen molar-refractivity contribution in [3.8, 4) is 0 Å². The average Bonchev–Trinajstić information content (AvgIpc) is 3.09. The van der Waals surface area contributed by atoms with Crippen LogP contribution in [-0.4, -0.2) is 21.9 Å². The van der Waals surface area contributed by atoms with E-state index >= 15 is 0 Å². The Bertz CT molecular complexity index is 356. The van der Waals surface area contributed by atoms with Gasteiger partial charge in [-0.05, 0) is 32.2 Å². The van der Waals surface area contributed by atoms with Crippen molar-refractivity contribution in [2.45, 2.75) is 55.6 Å². The molecule has 1 N–H and O–H groups in total. The van der Waals surface area contributed by atoms with E-state index in [1.165, 1.54) is 32.1 Å². The Morgan fingerprint density at radius 3 is 2.88 bits per heavy atom. The molecule has 0 aromatic carbocycles. The van der Waals surface area contributed by atoms with Gasteiger partial charge >= 0.3 is 0 Å². The smallest absolute Gasteiger partial charge is 0.243 e. The molecule has 2 aliphatic rings. The van der Waals surface area contributed by atoms with Gasteiger partial charge in [0.2, 0.25) is 5.89 Å². The monoisotopic (exact) mass is 253 g/mol. The molecule has 0 bridgehead atoms. The van der Waals surface area contributed by atoms with E-state index in [4.69, 9.17) is 4.52 Å². The molecule has 1 saturated heterocycles. The van der Waals surface area contributed by atoms with Crippen molar-refractivity contribution >= 4 is 11.8 Å². The first-order valence-electron chi connectivity index (χ1n) is 6.59. The zero-order valence-electron chi connectivity index (χ0n) is 10.0. The average molecular weight is 253 g/mol. The van der Waals surface area contributed by atoms with E-state index in [0.29, 0.717) is 6.04 Å². The minimum atomic E-state index is 0.299. The fraction of sp³-hybridized carbons (Fsp3) is 0.833. The van der Waals surface area contributed by atoms with Crippen molar-refractivity contribution in [1.29, 1.82) is 0 Å². The molecule has 1 saturated carbocycles. The SMILES string of the molecule is C1CCC(SCc2noc([C@@H]3CCCN3)n2)C1. The third kappa shape index (κ3) is 2.83. The van der Waals surface area contributed by atoms with Crippen molar-refractivity contribution in [2.24, 2.45) is 0 Å². The Kier molecular flexibility index (Phi) is 3.66. The molecule has 1 atom stereocenters. The van der Waals surface area contributed by atoms with Crippen LogP contribution in [0.25, 0.3) is 0 Å². The molecule has 1 aromatic rings. The van der Waals surface area contributed by atoms with E-state index in [2.05, 4.69) is 15.5 Å². The lowest BCUT2D eigenvalue weighted by molar-refractivity contribution is 0.342. The summed E-state index contributed by atoms with van der Waals surface area (Å²) in [4.78, 5) is 4.49. The first-order chi connectivity index (χ1) is 8.42. The lowest BCUT2D eigenvalue weighted by Crippen LogP contribution is -2.13. The van der Waals surface area contributed by atoms with Crippen LogP contribution in [0.1, 0.15) is 56.3 Å². The summed E-state index contributed by atoms with van der Waals surface area (Å²) < 4.78 is 5.33. The molecule has 0 radical (unpaired) electrons. The Labute approximate surface area is 106 Å². The van der Waals surface area contributed by atoms with E-state index in [1.807, 2.05) is 11.8 Å². The molecule has 0 unspecified atom stereocenters. The first kappa shape index (κ1) is 11.5. The van der Waals surface area contributed by atoms with Gasteiger partial charge in [0.1, 0.15) is 0 Å². The number of hydrogen-bond donors (Lipinski definition) is 1. The summed E-state index contributed by atoms with van der Waals surface area (Å²) in [7, 11) is 0. The number of nitrogens with zero attached hydrogens (tertiary/aromatic N) is 2. The maximum atomic E-state index is 5.33. The molecule has 0 spiro atoms. The summed E-state index contributed by atoms with van der Waals surface area (Å²) in [5.74, 6) is 2.55. The highest BCUT2D eigenvalue weighted by Crippen LogP contribution is 2.31. The Morgan fingerprint density at radius 2 is 2.12 bits per heavy atom. The molecular weight excluding hydrogens is 234 g/mol. The van der Waals surface area contributed by atoms with Crippen molar-refractivity contribution in [3.05, 3.63) is 11.7 Å². The van der Waals surface area contributed by atoms with Gasteiger partial charge in [0.15, 0.2) is 5.82 Å². The maximum absolute atomic E-state index is 5.33. The third-order valence-corrected chi connectivity index (χ3v) is 4.96. The number of rotatable bonds is 4. The van der Waals surface area contributed by atoms with Crippen LogP contribution in [0, 0.1) is 0 Å². The largest absolute Gasteiger partial charge is 0.338 e. The number of nitrogens with one attached hydrogen (secondary N) is 1. The lowest BCUT2D eigenvalue weighted by Gasteiger charge is -2.05. The second kappa shape index (κ2) is 5.40. The summed E-state index contributed by atoms with van der Waals surface area (Å²) in [6.45, 7) is 1.07. The summed E-state index contributed by atoms with van der Waals surface area (Å²) in [6.07, 6.45) is 7.83. The first-order valence-corrected chi connectivity index (χ1v) is 7.64. The van der Waals surface area contributed by atoms with Crippen molar-refractivity contribution in [3.63, 3.8) is 0 Å². The fourth-order valence-electron chi connectivity index (χ4n) is 2.61. The molecule has 3 rings (SSSR count). The van der Waals surface area contributed by atoms with Crippen molar-refractivity contribution in [1.82, 2.24) is 15.5 Å². The maximum Gasteiger partial charge on any atom is 0.243 e. The van der Waals surface area contributed by atoms with Gasteiger partial charge in [0, 0.05) is 5.25 Å². The predicted molar refractivity (Wildman–Crippen MR) is 67.8 cm³/mol. The fourth-order valence-corrected chi connectivity index (χ4v) is 3.78. The highest BCUT2D eigenvalue weighted by Gasteiger charge is 2.23. The number of aromatic nitrogens is 2. The van der Waals surface area contributed by atoms with Gasteiger partial charge in [-0.25, -0.2) is 0 Å². The molecule has 2 fully saturated rings. The van der Waals surface area contributed by atoms with Crippen LogP contribution in [0.15, 0.2) is 4.52 Å². The Morgan fingerprint density at radius 1 is 1.24 bits per heavy atom. The van der Waals surface area contributed by atoms with E-state index < -0.39 is 0 Å². The van der Waals surface area contributed by atoms with Gasteiger partial charge < -0.3 is 9.84 Å². The standard InChI is InChI=1S/C12H19N3OS/c1-2-5-9(4-1)17-8-11-14-12(16-15-11)10-6-3-7-13-10/h9-10,13H,1-8H2/t10-/m0/s1. The van der Waals surface area contributed by atoms with Crippen molar-refractivity contribution < 1.29 is 4.52 Å². The Balaban J connectivity index is 1.52. The van der Waals surface area contributed by atoms with Crippen LogP contribution in [0.4, 0.5) is 0 Å². The molecule has 4 nitrogen and oxygen atoms in total. The summed E-state index contributed by atoms with van der Waals surface area (Å²) >= 11 is 1.99. The van der Waals surface area contributed by atoms with E-state index in [0.717, 1.165) is 35.7 Å². The van der Waals surface area contributed by atoms with Gasteiger partial charge in [-0.1, -0.05) is 18.0 Å². The van der Waals surface area contributed by atoms with Gasteiger partial charge in [-0.2, -0.15) is 16.7 Å². The van der Waals surface area contributed by atoms with E-state index in [-0.39, 0.29) is 0 Å². The topological polar surface area (TPSA) is 51.0 Å². The van der Waals surface area contributed by atoms with Gasteiger partial charge in [0.25, 0.3) is 0 Å². The lowest BCUT2D eigenvalue weighted by atomic mass is 10.2. The molecule has 0 amide bonds. The minimum absolute atomic E-state index is 0.299. The van der Waals surface area contributed by atoms with E-state index in [9.17, 15) is 0 Å². The molecular formula is C12H19N3OS. The van der Waals surface area contributed by atoms with Gasteiger partial charge in [-0.15, -0.1) is 0 Å². The van der Waals surface area contributed by atoms with Crippen LogP contribution in [0.3, 0.4) is 0 Å². The highest BCUT2D eigenvalue weighted by atomic mass is 32.2. The van der Waals surface area contributed by atoms with Crippen LogP contribution in [0.2, 0.25) is 0 Å². The molecule has 2 heterocycles. The summed E-state index contributed by atoms with van der Waals surface area (Å²) in [5.41, 5.74) is 0. The molecule has 1 aliphatic heterocycles. The zero-order chi connectivity index (χ0) is 11.5. The van der Waals surface area contributed by atoms with Crippen LogP contribution in [0.5, 0.6) is 0 Å². The zero-order valence-corrected chi connectivity index (χ0v) is 10.8. The summed E-state index contributed by atoms with van der Waals surface area (Å²) in [5, 5.41) is 8.28. The quantitative estimate of drug-likeness (QED) is 0.894. The van der Waals surface area contributed by atoms with Crippen LogP contribution >= 0.6 is 11.8 Å². The minimum Gasteiger partial charge on any atom is -0.338 e. The Hall–Kier alpha value is -0.550. The number of hydrogen-bond acceptors (Lipinski definition) is 5. The predicted octanol–water partition coefficient (Wildman–Crippen LogP) is 2.67. The van der Waals surface area contributed by atoms with Crippen LogP contribution < -0.4 is 5.32 Å². The van der Waals surface area contributed by atoms with Crippen LogP contribution in [-0.2, 0) is 5.75 Å². The molecule has 1 aliphatic carbocycles. The highest BCUT2D eigenvalue weighted by molar-refractivity contribution is 7.99. The summed E-state index contributed by atoms with van der Waals surface area (Å²) in [6, 6.07) is 0.299.